The summed E-state index contributed by atoms with van der Waals surface area (Å²) in [5.41, 5.74) is 3.68. The van der Waals surface area contributed by atoms with E-state index in [0.29, 0.717) is 6.79 Å². The van der Waals surface area contributed by atoms with Crippen molar-refractivity contribution >= 4 is 5.69 Å². The topological polar surface area (TPSA) is 24.9 Å². The van der Waals surface area contributed by atoms with Gasteiger partial charge in [0.15, 0.2) is 11.5 Å². The van der Waals surface area contributed by atoms with Gasteiger partial charge in [-0.25, -0.2) is 0 Å². The van der Waals surface area contributed by atoms with Gasteiger partial charge in [0.25, 0.3) is 0 Å². The maximum atomic E-state index is 5.48. The Morgan fingerprint density at radius 3 is 2.45 bits per heavy atom. The van der Waals surface area contributed by atoms with Gasteiger partial charge in [-0.05, 0) is 42.4 Å². The van der Waals surface area contributed by atoms with Crippen molar-refractivity contribution in [3.8, 4) is 22.6 Å². The molecule has 1 fully saturated rings. The lowest BCUT2D eigenvalue weighted by Crippen LogP contribution is -2.44. The van der Waals surface area contributed by atoms with E-state index >= 15 is 0 Å². The van der Waals surface area contributed by atoms with Crippen LogP contribution in [0.15, 0.2) is 42.5 Å². The van der Waals surface area contributed by atoms with Crippen LogP contribution in [0.5, 0.6) is 11.5 Å². The van der Waals surface area contributed by atoms with E-state index in [1.54, 1.807) is 0 Å². The minimum absolute atomic E-state index is 0.320. The van der Waals surface area contributed by atoms with Gasteiger partial charge in [0, 0.05) is 31.9 Å². The van der Waals surface area contributed by atoms with E-state index in [-0.39, 0.29) is 0 Å². The number of rotatable bonds is 2. The van der Waals surface area contributed by atoms with Crippen molar-refractivity contribution < 1.29 is 9.47 Å². The van der Waals surface area contributed by atoms with Gasteiger partial charge in [0.05, 0.1) is 0 Å². The number of piperazine rings is 1. The molecule has 0 aromatic heterocycles. The summed E-state index contributed by atoms with van der Waals surface area (Å²) in [6, 6.07) is 14.9. The standard InChI is InChI=1S/C18H20N2O2/c1-19-7-9-20(10-8-19)16-4-2-3-14(11-16)15-5-6-17-18(12-15)22-13-21-17/h2-6,11-12H,7-10,13H2,1H3. The highest BCUT2D eigenvalue weighted by molar-refractivity contribution is 5.71. The highest BCUT2D eigenvalue weighted by Crippen LogP contribution is 2.36. The molecule has 4 rings (SSSR count). The Morgan fingerprint density at radius 1 is 0.818 bits per heavy atom. The molecule has 2 aliphatic rings. The molecule has 0 spiro atoms. The number of fused-ring (bicyclic) bond motifs is 1. The quantitative estimate of drug-likeness (QED) is 0.851. The molecule has 0 bridgehead atoms. The van der Waals surface area contributed by atoms with Gasteiger partial charge in [-0.15, -0.1) is 0 Å². The lowest BCUT2D eigenvalue weighted by atomic mass is 10.0. The van der Waals surface area contributed by atoms with Crippen LogP contribution >= 0.6 is 0 Å². The van der Waals surface area contributed by atoms with Crippen LogP contribution in [0, 0.1) is 0 Å². The molecule has 4 nitrogen and oxygen atoms in total. The summed E-state index contributed by atoms with van der Waals surface area (Å²) >= 11 is 0. The number of hydrogen-bond donors (Lipinski definition) is 0. The molecule has 0 unspecified atom stereocenters. The molecule has 114 valence electrons. The smallest absolute Gasteiger partial charge is 0.231 e. The minimum Gasteiger partial charge on any atom is -0.454 e. The van der Waals surface area contributed by atoms with Crippen molar-refractivity contribution in [2.75, 3.05) is 44.9 Å². The average Bonchev–Trinajstić information content (AvgIpc) is 3.03. The van der Waals surface area contributed by atoms with Crippen molar-refractivity contribution in [3.05, 3.63) is 42.5 Å². The highest BCUT2D eigenvalue weighted by Gasteiger charge is 2.16. The number of anilines is 1. The number of likely N-dealkylation sites (N-methyl/N-ethyl adjacent to an activating group) is 1. The molecule has 0 atom stereocenters. The molecule has 0 amide bonds. The third-order valence-electron chi connectivity index (χ3n) is 4.42. The molecule has 1 saturated heterocycles. The Morgan fingerprint density at radius 2 is 1.59 bits per heavy atom. The zero-order chi connectivity index (χ0) is 14.9. The number of ether oxygens (including phenoxy) is 2. The molecule has 0 aliphatic carbocycles. The third kappa shape index (κ3) is 2.50. The third-order valence-corrected chi connectivity index (χ3v) is 4.42. The first kappa shape index (κ1) is 13.5. The number of benzene rings is 2. The van der Waals surface area contributed by atoms with Crippen LogP contribution in [-0.4, -0.2) is 44.9 Å². The summed E-state index contributed by atoms with van der Waals surface area (Å²) in [7, 11) is 2.18. The van der Waals surface area contributed by atoms with Crippen molar-refractivity contribution in [1.29, 1.82) is 0 Å². The van der Waals surface area contributed by atoms with Crippen LogP contribution < -0.4 is 14.4 Å². The summed E-state index contributed by atoms with van der Waals surface area (Å²) in [6.07, 6.45) is 0. The van der Waals surface area contributed by atoms with Crippen LogP contribution in [0.2, 0.25) is 0 Å². The molecular formula is C18H20N2O2. The zero-order valence-corrected chi connectivity index (χ0v) is 12.8. The Bertz CT molecular complexity index is 679. The number of nitrogens with zero attached hydrogens (tertiary/aromatic N) is 2. The minimum atomic E-state index is 0.320. The monoisotopic (exact) mass is 296 g/mol. The summed E-state index contributed by atoms with van der Waals surface area (Å²) < 4.78 is 10.9. The predicted octanol–water partition coefficient (Wildman–Crippen LogP) is 2.83. The van der Waals surface area contributed by atoms with Crippen LogP contribution in [0.1, 0.15) is 0 Å². The number of hydrogen-bond acceptors (Lipinski definition) is 4. The second-order valence-corrected chi connectivity index (χ2v) is 5.91. The fourth-order valence-corrected chi connectivity index (χ4v) is 3.02. The van der Waals surface area contributed by atoms with Crippen molar-refractivity contribution in [2.45, 2.75) is 0 Å². The maximum absolute atomic E-state index is 5.48. The van der Waals surface area contributed by atoms with Gasteiger partial charge in [-0.2, -0.15) is 0 Å². The Kier molecular flexibility index (Phi) is 3.39. The van der Waals surface area contributed by atoms with Crippen LogP contribution in [0.4, 0.5) is 5.69 Å². The van der Waals surface area contributed by atoms with Crippen molar-refractivity contribution in [3.63, 3.8) is 0 Å². The van der Waals surface area contributed by atoms with Gasteiger partial charge in [0.1, 0.15) is 0 Å². The fourth-order valence-electron chi connectivity index (χ4n) is 3.02. The molecule has 22 heavy (non-hydrogen) atoms. The van der Waals surface area contributed by atoms with E-state index in [1.165, 1.54) is 16.8 Å². The molecule has 2 aromatic rings. The normalized spacial score (nSPS) is 17.8. The molecule has 0 radical (unpaired) electrons. The fraction of sp³-hybridized carbons (Fsp3) is 0.333. The molecule has 0 saturated carbocycles. The van der Waals surface area contributed by atoms with Crippen LogP contribution in [0.3, 0.4) is 0 Å². The molecule has 2 aromatic carbocycles. The summed E-state index contributed by atoms with van der Waals surface area (Å²) in [5, 5.41) is 0. The highest BCUT2D eigenvalue weighted by atomic mass is 16.7. The summed E-state index contributed by atoms with van der Waals surface area (Å²) in [5.74, 6) is 1.67. The predicted molar refractivity (Wildman–Crippen MR) is 87.7 cm³/mol. The van der Waals surface area contributed by atoms with E-state index < -0.39 is 0 Å². The zero-order valence-electron chi connectivity index (χ0n) is 12.8. The average molecular weight is 296 g/mol. The maximum Gasteiger partial charge on any atom is 0.231 e. The Balaban J connectivity index is 1.61. The van der Waals surface area contributed by atoms with Gasteiger partial charge in [0.2, 0.25) is 6.79 Å². The van der Waals surface area contributed by atoms with E-state index in [4.69, 9.17) is 9.47 Å². The van der Waals surface area contributed by atoms with Gasteiger partial charge >= 0.3 is 0 Å². The van der Waals surface area contributed by atoms with E-state index in [1.807, 2.05) is 6.07 Å². The van der Waals surface area contributed by atoms with E-state index in [9.17, 15) is 0 Å². The van der Waals surface area contributed by atoms with Gasteiger partial charge in [-0.1, -0.05) is 18.2 Å². The van der Waals surface area contributed by atoms with Crippen LogP contribution in [0.25, 0.3) is 11.1 Å². The Labute approximate surface area is 130 Å². The van der Waals surface area contributed by atoms with E-state index in [0.717, 1.165) is 37.7 Å². The second kappa shape index (κ2) is 5.54. The molecule has 4 heteroatoms. The second-order valence-electron chi connectivity index (χ2n) is 5.91. The van der Waals surface area contributed by atoms with E-state index in [2.05, 4.69) is 53.2 Å². The first-order chi connectivity index (χ1) is 10.8. The Hall–Kier alpha value is -2.20. The van der Waals surface area contributed by atoms with Gasteiger partial charge < -0.3 is 19.3 Å². The first-order valence-electron chi connectivity index (χ1n) is 7.73. The summed E-state index contributed by atoms with van der Waals surface area (Å²) in [6.45, 7) is 4.73. The molecule has 0 N–H and O–H groups in total. The van der Waals surface area contributed by atoms with Crippen LogP contribution in [-0.2, 0) is 0 Å². The lowest BCUT2D eigenvalue weighted by molar-refractivity contribution is 0.174. The molecule has 2 heterocycles. The molecule has 2 aliphatic heterocycles. The molecular weight excluding hydrogens is 276 g/mol. The lowest BCUT2D eigenvalue weighted by Gasteiger charge is -2.34. The SMILES string of the molecule is CN1CCN(c2cccc(-c3ccc4c(c3)OCO4)c2)CC1. The van der Waals surface area contributed by atoms with Gasteiger partial charge in [-0.3, -0.25) is 0 Å². The first-order valence-corrected chi connectivity index (χ1v) is 7.73. The van der Waals surface area contributed by atoms with Crippen molar-refractivity contribution in [1.82, 2.24) is 4.90 Å². The summed E-state index contributed by atoms with van der Waals surface area (Å²) in [4.78, 5) is 4.83. The van der Waals surface area contributed by atoms with Crippen molar-refractivity contribution in [2.24, 2.45) is 0 Å². The largest absolute Gasteiger partial charge is 0.454 e.